The van der Waals surface area contributed by atoms with Crippen LogP contribution < -0.4 is 9.62 Å². The lowest BCUT2D eigenvalue weighted by Crippen LogP contribution is -2.53. The van der Waals surface area contributed by atoms with E-state index in [1.54, 1.807) is 36.4 Å². The van der Waals surface area contributed by atoms with Gasteiger partial charge >= 0.3 is 0 Å². The molecule has 0 aliphatic rings. The summed E-state index contributed by atoms with van der Waals surface area (Å²) in [4.78, 5) is 29.0. The highest BCUT2D eigenvalue weighted by Crippen LogP contribution is 2.22. The van der Waals surface area contributed by atoms with Crippen molar-refractivity contribution >= 4 is 50.7 Å². The second-order valence-corrected chi connectivity index (χ2v) is 12.5. The highest BCUT2D eigenvalue weighted by atomic mass is 35.5. The largest absolute Gasteiger partial charge is 0.354 e. The van der Waals surface area contributed by atoms with E-state index in [1.807, 2.05) is 44.2 Å². The van der Waals surface area contributed by atoms with Crippen molar-refractivity contribution in [3.05, 3.63) is 100 Å². The van der Waals surface area contributed by atoms with Crippen LogP contribution in [-0.2, 0) is 32.6 Å². The van der Waals surface area contributed by atoms with Gasteiger partial charge in [-0.05, 0) is 53.4 Å². The zero-order chi connectivity index (χ0) is 28.6. The van der Waals surface area contributed by atoms with E-state index >= 15 is 0 Å². The molecule has 208 valence electrons. The van der Waals surface area contributed by atoms with Crippen LogP contribution in [0.2, 0.25) is 10.0 Å². The number of carbonyl (C=O) groups is 2. The van der Waals surface area contributed by atoms with Gasteiger partial charge in [0.2, 0.25) is 21.8 Å². The van der Waals surface area contributed by atoms with Gasteiger partial charge in [-0.25, -0.2) is 8.42 Å². The Kier molecular flexibility index (Phi) is 10.8. The molecule has 1 N–H and O–H groups in total. The van der Waals surface area contributed by atoms with Gasteiger partial charge in [0.1, 0.15) is 12.6 Å². The van der Waals surface area contributed by atoms with Gasteiger partial charge < -0.3 is 10.2 Å². The van der Waals surface area contributed by atoms with Crippen LogP contribution in [0.3, 0.4) is 0 Å². The number of anilines is 1. The molecule has 7 nitrogen and oxygen atoms in total. The maximum atomic E-state index is 14.0. The molecule has 0 aliphatic carbocycles. The van der Waals surface area contributed by atoms with E-state index < -0.39 is 28.5 Å². The molecule has 0 fully saturated rings. The first-order valence-corrected chi connectivity index (χ1v) is 15.1. The molecule has 1 atom stereocenters. The Morgan fingerprint density at radius 2 is 1.41 bits per heavy atom. The Labute approximate surface area is 240 Å². The van der Waals surface area contributed by atoms with E-state index in [-0.39, 0.29) is 24.8 Å². The number of benzene rings is 3. The molecular formula is C29H33Cl2N3O4S. The minimum absolute atomic E-state index is 0.0841. The van der Waals surface area contributed by atoms with Gasteiger partial charge in [0.25, 0.3) is 0 Å². The Morgan fingerprint density at radius 1 is 0.846 bits per heavy atom. The van der Waals surface area contributed by atoms with Gasteiger partial charge in [-0.15, -0.1) is 0 Å². The Balaban J connectivity index is 2.03. The average molecular weight is 591 g/mol. The molecule has 0 bridgehead atoms. The lowest BCUT2D eigenvalue weighted by atomic mass is 10.0. The van der Waals surface area contributed by atoms with Gasteiger partial charge in [0.05, 0.1) is 11.9 Å². The summed E-state index contributed by atoms with van der Waals surface area (Å²) in [6.07, 6.45) is 1.29. The molecule has 0 saturated carbocycles. The summed E-state index contributed by atoms with van der Waals surface area (Å²) < 4.78 is 26.6. The Hall–Kier alpha value is -3.07. The summed E-state index contributed by atoms with van der Waals surface area (Å²) in [6, 6.07) is 21.7. The molecule has 39 heavy (non-hydrogen) atoms. The third-order valence-electron chi connectivity index (χ3n) is 6.02. The molecule has 3 aromatic carbocycles. The number of rotatable bonds is 12. The standard InChI is InChI=1S/C29H33Cl2N3O4S/c1-21(2)18-32-29(36)27(17-22-7-5-4-6-8-22)33(19-23-9-11-24(30)12-10-23)28(35)20-34(39(3,37)38)26-15-13-25(31)14-16-26/h4-16,21,27H,17-20H2,1-3H3,(H,32,36). The molecule has 3 rings (SSSR count). The van der Waals surface area contributed by atoms with Gasteiger partial charge in [0.15, 0.2) is 0 Å². The third kappa shape index (κ3) is 9.27. The quantitative estimate of drug-likeness (QED) is 0.315. The zero-order valence-corrected chi connectivity index (χ0v) is 24.5. The molecule has 0 saturated heterocycles. The predicted octanol–water partition coefficient (Wildman–Crippen LogP) is 5.17. The van der Waals surface area contributed by atoms with E-state index in [1.165, 1.54) is 17.0 Å². The van der Waals surface area contributed by atoms with Gasteiger partial charge in [-0.1, -0.05) is 79.5 Å². The molecule has 0 aliphatic heterocycles. The lowest BCUT2D eigenvalue weighted by Gasteiger charge is -2.33. The van der Waals surface area contributed by atoms with Gasteiger partial charge in [-0.3, -0.25) is 13.9 Å². The molecule has 3 aromatic rings. The first-order chi connectivity index (χ1) is 18.4. The molecule has 2 amide bonds. The van der Waals surface area contributed by atoms with Crippen LogP contribution in [0.25, 0.3) is 0 Å². The van der Waals surface area contributed by atoms with Crippen molar-refractivity contribution in [2.24, 2.45) is 5.92 Å². The number of carbonyl (C=O) groups excluding carboxylic acids is 2. The summed E-state index contributed by atoms with van der Waals surface area (Å²) in [5.41, 5.74) is 1.92. The van der Waals surface area contributed by atoms with Crippen LogP contribution in [0, 0.1) is 5.92 Å². The van der Waals surface area contributed by atoms with E-state index in [0.717, 1.165) is 21.7 Å². The fraction of sp³-hybridized carbons (Fsp3) is 0.310. The molecule has 0 aromatic heterocycles. The zero-order valence-electron chi connectivity index (χ0n) is 22.2. The van der Waals surface area contributed by atoms with E-state index in [2.05, 4.69) is 5.32 Å². The normalized spacial score (nSPS) is 12.2. The number of nitrogens with one attached hydrogen (secondary N) is 1. The van der Waals surface area contributed by atoms with Crippen LogP contribution >= 0.6 is 23.2 Å². The summed E-state index contributed by atoms with van der Waals surface area (Å²) in [7, 11) is -3.84. The van der Waals surface area contributed by atoms with Crippen LogP contribution in [0.5, 0.6) is 0 Å². The van der Waals surface area contributed by atoms with Gasteiger partial charge in [0, 0.05) is 29.6 Å². The molecule has 0 heterocycles. The number of hydrogen-bond donors (Lipinski definition) is 1. The molecule has 10 heteroatoms. The van der Waals surface area contributed by atoms with Crippen molar-refractivity contribution in [3.8, 4) is 0 Å². The first kappa shape index (κ1) is 30.5. The highest BCUT2D eigenvalue weighted by Gasteiger charge is 2.33. The molecule has 0 radical (unpaired) electrons. The van der Waals surface area contributed by atoms with E-state index in [4.69, 9.17) is 23.2 Å². The van der Waals surface area contributed by atoms with Crippen LogP contribution in [0.15, 0.2) is 78.9 Å². The lowest BCUT2D eigenvalue weighted by molar-refractivity contribution is -0.140. The number of sulfonamides is 1. The minimum atomic E-state index is -3.84. The number of hydrogen-bond acceptors (Lipinski definition) is 4. The summed E-state index contributed by atoms with van der Waals surface area (Å²) in [6.45, 7) is 4.00. The van der Waals surface area contributed by atoms with E-state index in [0.29, 0.717) is 22.3 Å². The van der Waals surface area contributed by atoms with Crippen LogP contribution in [0.4, 0.5) is 5.69 Å². The molecular weight excluding hydrogens is 557 g/mol. The topological polar surface area (TPSA) is 86.8 Å². The Morgan fingerprint density at radius 3 is 1.95 bits per heavy atom. The van der Waals surface area contributed by atoms with Crippen molar-refractivity contribution in [2.45, 2.75) is 32.9 Å². The monoisotopic (exact) mass is 589 g/mol. The number of halogens is 2. The molecule has 1 unspecified atom stereocenters. The second kappa shape index (κ2) is 13.8. The average Bonchev–Trinajstić information content (AvgIpc) is 2.89. The fourth-order valence-electron chi connectivity index (χ4n) is 3.98. The van der Waals surface area contributed by atoms with Crippen molar-refractivity contribution in [1.29, 1.82) is 0 Å². The third-order valence-corrected chi connectivity index (χ3v) is 7.66. The Bertz CT molecular complexity index is 1350. The number of nitrogens with zero attached hydrogens (tertiary/aromatic N) is 2. The smallest absolute Gasteiger partial charge is 0.244 e. The van der Waals surface area contributed by atoms with Crippen molar-refractivity contribution in [3.63, 3.8) is 0 Å². The minimum Gasteiger partial charge on any atom is -0.354 e. The maximum absolute atomic E-state index is 14.0. The van der Waals surface area contributed by atoms with Crippen molar-refractivity contribution in [2.75, 3.05) is 23.7 Å². The second-order valence-electron chi connectivity index (χ2n) is 9.74. The van der Waals surface area contributed by atoms with E-state index in [9.17, 15) is 18.0 Å². The summed E-state index contributed by atoms with van der Waals surface area (Å²) in [5, 5.41) is 3.93. The summed E-state index contributed by atoms with van der Waals surface area (Å²) >= 11 is 12.1. The van der Waals surface area contributed by atoms with Crippen LogP contribution in [0.1, 0.15) is 25.0 Å². The maximum Gasteiger partial charge on any atom is 0.244 e. The fourth-order valence-corrected chi connectivity index (χ4v) is 5.09. The van der Waals surface area contributed by atoms with Gasteiger partial charge in [-0.2, -0.15) is 0 Å². The predicted molar refractivity (Wildman–Crippen MR) is 157 cm³/mol. The van der Waals surface area contributed by atoms with Crippen molar-refractivity contribution < 1.29 is 18.0 Å². The van der Waals surface area contributed by atoms with Crippen LogP contribution in [-0.4, -0.2) is 50.5 Å². The number of amides is 2. The first-order valence-electron chi connectivity index (χ1n) is 12.5. The highest BCUT2D eigenvalue weighted by molar-refractivity contribution is 7.92. The summed E-state index contributed by atoms with van der Waals surface area (Å²) in [5.74, 6) is -0.629. The van der Waals surface area contributed by atoms with Crippen molar-refractivity contribution in [1.82, 2.24) is 10.2 Å². The SMILES string of the molecule is CC(C)CNC(=O)C(Cc1ccccc1)N(Cc1ccc(Cl)cc1)C(=O)CN(c1ccc(Cl)cc1)S(C)(=O)=O. The molecule has 0 spiro atoms.